The van der Waals surface area contributed by atoms with Crippen LogP contribution >= 0.6 is 0 Å². The second-order valence-corrected chi connectivity index (χ2v) is 11.5. The third-order valence-electron chi connectivity index (χ3n) is 9.48. The lowest BCUT2D eigenvalue weighted by molar-refractivity contribution is -0.150. The molecule has 4 aliphatic rings. The second kappa shape index (κ2) is 9.75. The molecule has 188 valence electrons. The Morgan fingerprint density at radius 1 is 1.18 bits per heavy atom. The summed E-state index contributed by atoms with van der Waals surface area (Å²) in [7, 11) is 1.39. The summed E-state index contributed by atoms with van der Waals surface area (Å²) in [5.74, 6) is 1.07. The second-order valence-electron chi connectivity index (χ2n) is 11.5. The van der Waals surface area contributed by atoms with Crippen molar-refractivity contribution in [2.45, 2.75) is 89.9 Å². The van der Waals surface area contributed by atoms with Gasteiger partial charge in [0.25, 0.3) is 0 Å². The van der Waals surface area contributed by atoms with Crippen molar-refractivity contribution in [1.29, 1.82) is 0 Å². The summed E-state index contributed by atoms with van der Waals surface area (Å²) in [6.07, 6.45) is 14.4. The first-order valence-electron chi connectivity index (χ1n) is 13.0. The van der Waals surface area contributed by atoms with E-state index in [-0.39, 0.29) is 11.4 Å². The van der Waals surface area contributed by atoms with Gasteiger partial charge < -0.3 is 20.1 Å². The summed E-state index contributed by atoms with van der Waals surface area (Å²) in [5, 5.41) is 30.9. The predicted octanol–water partition coefficient (Wildman–Crippen LogP) is 4.63. The SMILES string of the molecule is C=C1/C(=C\C=C2/CCC[C@@]3(C)C2CCC3[C@H](C)/C=C/C(O)C2(C(=O)OC)CC2)CC(O)CC1O. The monoisotopic (exact) mass is 470 g/mol. The molecule has 0 aliphatic heterocycles. The fourth-order valence-corrected chi connectivity index (χ4v) is 7.17. The van der Waals surface area contributed by atoms with Crippen LogP contribution in [0, 0.1) is 28.6 Å². The topological polar surface area (TPSA) is 87.0 Å². The number of aliphatic hydroxyl groups excluding tert-OH is 3. The molecule has 0 radical (unpaired) electrons. The molecule has 0 aromatic carbocycles. The largest absolute Gasteiger partial charge is 0.469 e. The van der Waals surface area contributed by atoms with E-state index in [4.69, 9.17) is 4.74 Å². The Morgan fingerprint density at radius 3 is 2.59 bits per heavy atom. The molecule has 4 rings (SSSR count). The number of allylic oxidation sites excluding steroid dienone is 4. The van der Waals surface area contributed by atoms with Crippen molar-refractivity contribution in [2.75, 3.05) is 7.11 Å². The average molecular weight is 471 g/mol. The van der Waals surface area contributed by atoms with Crippen molar-refractivity contribution in [2.24, 2.45) is 28.6 Å². The molecular formula is C29H42O5. The van der Waals surface area contributed by atoms with Gasteiger partial charge in [-0.3, -0.25) is 4.79 Å². The molecule has 0 amide bonds. The van der Waals surface area contributed by atoms with Crippen LogP contribution in [0.15, 0.2) is 47.6 Å². The maximum Gasteiger partial charge on any atom is 0.314 e. The van der Waals surface area contributed by atoms with Crippen LogP contribution in [0.2, 0.25) is 0 Å². The molecule has 5 heteroatoms. The number of ether oxygens (including phenoxy) is 1. The van der Waals surface area contributed by atoms with E-state index in [9.17, 15) is 20.1 Å². The molecule has 34 heavy (non-hydrogen) atoms. The van der Waals surface area contributed by atoms with Crippen LogP contribution in [0.3, 0.4) is 0 Å². The Bertz CT molecular complexity index is 894. The van der Waals surface area contributed by atoms with Crippen LogP contribution in [0.4, 0.5) is 0 Å². The number of carbonyl (C=O) groups is 1. The molecule has 7 atom stereocenters. The van der Waals surface area contributed by atoms with E-state index >= 15 is 0 Å². The lowest BCUT2D eigenvalue weighted by atomic mass is 9.61. The number of methoxy groups -OCH3 is 1. The molecule has 4 aliphatic carbocycles. The maximum absolute atomic E-state index is 12.1. The summed E-state index contributed by atoms with van der Waals surface area (Å²) >= 11 is 0. The van der Waals surface area contributed by atoms with Gasteiger partial charge in [-0.2, -0.15) is 0 Å². The molecule has 0 bridgehead atoms. The number of rotatable bonds is 6. The molecule has 0 aromatic heterocycles. The standard InChI is InChI=1S/C29H42O5/c1-18(7-12-26(32)29(14-15-29)27(33)34-4)23-10-11-24-20(6-5-13-28(23,24)3)8-9-21-16-22(30)17-25(31)19(21)2/h7-9,12,18,22-26,30-32H,2,5-6,10-11,13-17H2,1,3-4H3/b12-7+,20-8+,21-9-/t18-,22?,23?,24?,25?,26?,28-/m1/s1. The third kappa shape index (κ3) is 4.59. The lowest BCUT2D eigenvalue weighted by Gasteiger charge is -2.44. The zero-order chi connectivity index (χ0) is 24.7. The molecule has 0 saturated heterocycles. The molecule has 0 aromatic rings. The van der Waals surface area contributed by atoms with Gasteiger partial charge in [0.2, 0.25) is 0 Å². The van der Waals surface area contributed by atoms with E-state index in [0.29, 0.717) is 43.4 Å². The van der Waals surface area contributed by atoms with Gasteiger partial charge in [-0.25, -0.2) is 0 Å². The van der Waals surface area contributed by atoms with Crippen LogP contribution in [-0.4, -0.2) is 46.7 Å². The van der Waals surface area contributed by atoms with Gasteiger partial charge in [0.1, 0.15) is 0 Å². The molecular weight excluding hydrogens is 428 g/mol. The Labute approximate surface area is 204 Å². The van der Waals surface area contributed by atoms with Gasteiger partial charge in [0, 0.05) is 6.42 Å². The van der Waals surface area contributed by atoms with Gasteiger partial charge in [0.15, 0.2) is 0 Å². The van der Waals surface area contributed by atoms with Gasteiger partial charge in [-0.05, 0) is 85.7 Å². The highest BCUT2D eigenvalue weighted by atomic mass is 16.5. The highest BCUT2D eigenvalue weighted by Gasteiger charge is 2.56. The van der Waals surface area contributed by atoms with Crippen molar-refractivity contribution in [3.05, 3.63) is 47.6 Å². The summed E-state index contributed by atoms with van der Waals surface area (Å²) < 4.78 is 4.91. The normalized spacial score (nSPS) is 39.3. The number of esters is 1. The average Bonchev–Trinajstić information content (AvgIpc) is 3.54. The minimum Gasteiger partial charge on any atom is -0.469 e. The van der Waals surface area contributed by atoms with Crippen LogP contribution in [-0.2, 0) is 9.53 Å². The fraction of sp³-hybridized carbons (Fsp3) is 0.690. The zero-order valence-corrected chi connectivity index (χ0v) is 21.0. The van der Waals surface area contributed by atoms with Crippen molar-refractivity contribution in [3.63, 3.8) is 0 Å². The van der Waals surface area contributed by atoms with Crippen molar-refractivity contribution in [3.8, 4) is 0 Å². The maximum atomic E-state index is 12.1. The van der Waals surface area contributed by atoms with Crippen molar-refractivity contribution >= 4 is 5.97 Å². The number of aliphatic hydroxyl groups is 3. The van der Waals surface area contributed by atoms with Crippen LogP contribution in [0.5, 0.6) is 0 Å². The van der Waals surface area contributed by atoms with Gasteiger partial charge in [-0.15, -0.1) is 0 Å². The van der Waals surface area contributed by atoms with Crippen LogP contribution in [0.1, 0.15) is 71.6 Å². The quantitative estimate of drug-likeness (QED) is 0.389. The molecule has 3 N–H and O–H groups in total. The molecule has 5 nitrogen and oxygen atoms in total. The third-order valence-corrected chi connectivity index (χ3v) is 9.48. The Balaban J connectivity index is 1.47. The van der Waals surface area contributed by atoms with Gasteiger partial charge >= 0.3 is 5.97 Å². The van der Waals surface area contributed by atoms with Crippen LogP contribution in [0.25, 0.3) is 0 Å². The van der Waals surface area contributed by atoms with Gasteiger partial charge in [0.05, 0.1) is 30.8 Å². The number of carbonyl (C=O) groups excluding carboxylic acids is 1. The van der Waals surface area contributed by atoms with E-state index in [0.717, 1.165) is 36.8 Å². The number of hydrogen-bond donors (Lipinski definition) is 3. The van der Waals surface area contributed by atoms with E-state index < -0.39 is 23.7 Å². The molecule has 0 spiro atoms. The van der Waals surface area contributed by atoms with Crippen LogP contribution < -0.4 is 0 Å². The highest BCUT2D eigenvalue weighted by molar-refractivity contribution is 5.80. The number of hydrogen-bond acceptors (Lipinski definition) is 5. The minimum absolute atomic E-state index is 0.208. The molecule has 0 heterocycles. The highest BCUT2D eigenvalue weighted by Crippen LogP contribution is 2.59. The van der Waals surface area contributed by atoms with E-state index in [1.165, 1.54) is 19.1 Å². The number of fused-ring (bicyclic) bond motifs is 1. The Hall–Kier alpha value is -1.69. The van der Waals surface area contributed by atoms with E-state index in [1.54, 1.807) is 0 Å². The zero-order valence-electron chi connectivity index (χ0n) is 21.0. The van der Waals surface area contributed by atoms with Crippen molar-refractivity contribution in [1.82, 2.24) is 0 Å². The van der Waals surface area contributed by atoms with E-state index in [1.807, 2.05) is 6.08 Å². The Kier molecular flexibility index (Phi) is 7.29. The minimum atomic E-state index is -0.782. The van der Waals surface area contributed by atoms with Gasteiger partial charge in [-0.1, -0.05) is 50.3 Å². The summed E-state index contributed by atoms with van der Waals surface area (Å²) in [5.41, 5.74) is 2.66. The summed E-state index contributed by atoms with van der Waals surface area (Å²) in [4.78, 5) is 12.1. The molecule has 5 unspecified atom stereocenters. The smallest absolute Gasteiger partial charge is 0.314 e. The first-order valence-corrected chi connectivity index (χ1v) is 13.0. The van der Waals surface area contributed by atoms with Crippen molar-refractivity contribution < 1.29 is 24.9 Å². The molecule has 4 saturated carbocycles. The Morgan fingerprint density at radius 2 is 1.91 bits per heavy atom. The first kappa shape index (κ1) is 25.4. The van der Waals surface area contributed by atoms with E-state index in [2.05, 4.69) is 38.7 Å². The predicted molar refractivity (Wildman–Crippen MR) is 133 cm³/mol. The molecule has 4 fully saturated rings. The lowest BCUT2D eigenvalue weighted by Crippen LogP contribution is -2.35. The first-order chi connectivity index (χ1) is 16.1. The summed E-state index contributed by atoms with van der Waals surface area (Å²) in [6.45, 7) is 8.72. The fourth-order valence-electron chi connectivity index (χ4n) is 7.17. The summed E-state index contributed by atoms with van der Waals surface area (Å²) in [6, 6.07) is 0.